The summed E-state index contributed by atoms with van der Waals surface area (Å²) in [6.07, 6.45) is 1.59. The van der Waals surface area contributed by atoms with E-state index < -0.39 is 17.9 Å². The summed E-state index contributed by atoms with van der Waals surface area (Å²) in [5.74, 6) is -0.955. The minimum absolute atomic E-state index is 0.141. The first-order valence-corrected chi connectivity index (χ1v) is 8.82. The van der Waals surface area contributed by atoms with Crippen molar-refractivity contribution in [3.63, 3.8) is 0 Å². The molecule has 1 heterocycles. The number of urea groups is 1. The molecule has 1 aliphatic heterocycles. The normalized spacial score (nSPS) is 14.7. The van der Waals surface area contributed by atoms with Crippen molar-refractivity contribution >= 4 is 34.8 Å². The third-order valence-corrected chi connectivity index (χ3v) is 4.53. The van der Waals surface area contributed by atoms with E-state index in [9.17, 15) is 14.4 Å². The second-order valence-corrected chi connectivity index (χ2v) is 6.46. The van der Waals surface area contributed by atoms with Gasteiger partial charge in [-0.05, 0) is 40.6 Å². The summed E-state index contributed by atoms with van der Waals surface area (Å²) in [7, 11) is 0. The van der Waals surface area contributed by atoms with Crippen molar-refractivity contribution < 1.29 is 24.2 Å². The SMILES string of the molecule is O=C1NC(=O)C(=Cc2c(OCc3ccc(C(=O)O)cc3)ccc3ccccc23)N1. The Morgan fingerprint density at radius 1 is 0.966 bits per heavy atom. The van der Waals surface area contributed by atoms with Crippen LogP contribution < -0.4 is 15.4 Å². The van der Waals surface area contributed by atoms with E-state index in [1.807, 2.05) is 30.3 Å². The minimum Gasteiger partial charge on any atom is -0.488 e. The van der Waals surface area contributed by atoms with Crippen LogP contribution >= 0.6 is 0 Å². The number of amides is 3. The summed E-state index contributed by atoms with van der Waals surface area (Å²) >= 11 is 0. The summed E-state index contributed by atoms with van der Waals surface area (Å²) in [6.45, 7) is 0.215. The van der Waals surface area contributed by atoms with Crippen LogP contribution in [0, 0.1) is 0 Å². The van der Waals surface area contributed by atoms with Gasteiger partial charge in [0.1, 0.15) is 18.1 Å². The van der Waals surface area contributed by atoms with Gasteiger partial charge in [0.2, 0.25) is 0 Å². The summed E-state index contributed by atoms with van der Waals surface area (Å²) in [6, 6.07) is 17.2. The highest BCUT2D eigenvalue weighted by atomic mass is 16.5. The third kappa shape index (κ3) is 3.79. The maximum Gasteiger partial charge on any atom is 0.335 e. The Kier molecular flexibility index (Phi) is 4.70. The number of imide groups is 1. The molecule has 4 rings (SSSR count). The van der Waals surface area contributed by atoms with Crippen LogP contribution in [-0.2, 0) is 11.4 Å². The third-order valence-electron chi connectivity index (χ3n) is 4.53. The van der Waals surface area contributed by atoms with Gasteiger partial charge in [0.05, 0.1) is 5.56 Å². The molecule has 3 aromatic rings. The maximum absolute atomic E-state index is 12.0. The summed E-state index contributed by atoms with van der Waals surface area (Å²) < 4.78 is 5.97. The number of hydrogen-bond acceptors (Lipinski definition) is 4. The molecular formula is C22H16N2O5. The van der Waals surface area contributed by atoms with E-state index in [-0.39, 0.29) is 17.9 Å². The number of carbonyl (C=O) groups is 3. The van der Waals surface area contributed by atoms with Crippen LogP contribution in [0.2, 0.25) is 0 Å². The molecule has 7 nitrogen and oxygen atoms in total. The summed E-state index contributed by atoms with van der Waals surface area (Å²) in [5.41, 5.74) is 1.81. The molecule has 0 aromatic heterocycles. The van der Waals surface area contributed by atoms with Gasteiger partial charge in [-0.1, -0.05) is 42.5 Å². The van der Waals surface area contributed by atoms with Crippen LogP contribution in [0.25, 0.3) is 16.8 Å². The quantitative estimate of drug-likeness (QED) is 0.460. The minimum atomic E-state index is -0.988. The highest BCUT2D eigenvalue weighted by Crippen LogP contribution is 2.31. The summed E-state index contributed by atoms with van der Waals surface area (Å²) in [5, 5.41) is 15.5. The van der Waals surface area contributed by atoms with Crippen LogP contribution in [0.3, 0.4) is 0 Å². The Morgan fingerprint density at radius 2 is 1.72 bits per heavy atom. The fourth-order valence-corrected chi connectivity index (χ4v) is 3.08. The van der Waals surface area contributed by atoms with Gasteiger partial charge in [0.15, 0.2) is 0 Å². The lowest BCUT2D eigenvalue weighted by molar-refractivity contribution is -0.115. The fourth-order valence-electron chi connectivity index (χ4n) is 3.08. The Labute approximate surface area is 165 Å². The van der Waals surface area contributed by atoms with Gasteiger partial charge >= 0.3 is 12.0 Å². The van der Waals surface area contributed by atoms with Gasteiger partial charge in [-0.25, -0.2) is 9.59 Å². The standard InChI is InChI=1S/C22H16N2O5/c25-20-18(23-22(28)24-20)11-17-16-4-2-1-3-14(16)9-10-19(17)29-12-13-5-7-15(8-6-13)21(26)27/h1-11H,12H2,(H,26,27)(H2,23,24,25,28). The van der Waals surface area contributed by atoms with Gasteiger partial charge in [0, 0.05) is 5.56 Å². The van der Waals surface area contributed by atoms with Crippen molar-refractivity contribution in [2.75, 3.05) is 0 Å². The average molecular weight is 388 g/mol. The van der Waals surface area contributed by atoms with Crippen LogP contribution in [0.15, 0.2) is 66.4 Å². The van der Waals surface area contributed by atoms with Crippen molar-refractivity contribution in [3.8, 4) is 5.75 Å². The van der Waals surface area contributed by atoms with Crippen molar-refractivity contribution in [2.24, 2.45) is 0 Å². The smallest absolute Gasteiger partial charge is 0.335 e. The molecule has 144 valence electrons. The first kappa shape index (κ1) is 18.2. The number of nitrogens with one attached hydrogen (secondary N) is 2. The number of benzene rings is 3. The van der Waals surface area contributed by atoms with Crippen LogP contribution in [0.1, 0.15) is 21.5 Å². The van der Waals surface area contributed by atoms with Crippen molar-refractivity contribution in [2.45, 2.75) is 6.61 Å². The fraction of sp³-hybridized carbons (Fsp3) is 0.0455. The molecule has 0 saturated carbocycles. The zero-order valence-electron chi connectivity index (χ0n) is 15.1. The lowest BCUT2D eigenvalue weighted by Gasteiger charge is -2.13. The Hall–Kier alpha value is -4.13. The van der Waals surface area contributed by atoms with E-state index >= 15 is 0 Å². The number of fused-ring (bicyclic) bond motifs is 1. The largest absolute Gasteiger partial charge is 0.488 e. The lowest BCUT2D eigenvalue weighted by atomic mass is 10.0. The van der Waals surface area contributed by atoms with Crippen LogP contribution in [-0.4, -0.2) is 23.0 Å². The second kappa shape index (κ2) is 7.47. The average Bonchev–Trinajstić information content (AvgIpc) is 3.04. The van der Waals surface area contributed by atoms with E-state index in [0.29, 0.717) is 11.3 Å². The highest BCUT2D eigenvalue weighted by Gasteiger charge is 2.23. The van der Waals surface area contributed by atoms with E-state index in [2.05, 4.69) is 10.6 Å². The lowest BCUT2D eigenvalue weighted by Crippen LogP contribution is -2.22. The number of hydrogen-bond donors (Lipinski definition) is 3. The Morgan fingerprint density at radius 3 is 2.41 bits per heavy atom. The number of carboxylic acids is 1. The van der Waals surface area contributed by atoms with Crippen molar-refractivity contribution in [3.05, 3.63) is 83.1 Å². The van der Waals surface area contributed by atoms with Crippen LogP contribution in [0.4, 0.5) is 4.79 Å². The summed E-state index contributed by atoms with van der Waals surface area (Å²) in [4.78, 5) is 34.4. The Bertz CT molecular complexity index is 1170. The predicted octanol–water partition coefficient (Wildman–Crippen LogP) is 3.30. The van der Waals surface area contributed by atoms with Gasteiger partial charge in [0.25, 0.3) is 5.91 Å². The number of rotatable bonds is 5. The number of aromatic carboxylic acids is 1. The van der Waals surface area contributed by atoms with E-state index in [0.717, 1.165) is 16.3 Å². The molecule has 0 aliphatic carbocycles. The van der Waals surface area contributed by atoms with Crippen molar-refractivity contribution in [1.82, 2.24) is 10.6 Å². The first-order valence-electron chi connectivity index (χ1n) is 8.82. The van der Waals surface area contributed by atoms with E-state index in [1.54, 1.807) is 24.3 Å². The van der Waals surface area contributed by atoms with Gasteiger partial charge in [-0.3, -0.25) is 10.1 Å². The molecule has 1 aliphatic rings. The zero-order valence-corrected chi connectivity index (χ0v) is 15.1. The molecule has 1 saturated heterocycles. The predicted molar refractivity (Wildman–Crippen MR) is 106 cm³/mol. The number of carbonyl (C=O) groups excluding carboxylic acids is 2. The van der Waals surface area contributed by atoms with Gasteiger partial charge < -0.3 is 15.2 Å². The molecule has 1 fully saturated rings. The topological polar surface area (TPSA) is 105 Å². The molecule has 0 atom stereocenters. The van der Waals surface area contributed by atoms with Gasteiger partial charge in [-0.2, -0.15) is 0 Å². The second-order valence-electron chi connectivity index (χ2n) is 6.46. The molecule has 0 unspecified atom stereocenters. The molecule has 3 N–H and O–H groups in total. The Balaban J connectivity index is 1.68. The molecule has 3 amide bonds. The molecule has 7 heteroatoms. The monoisotopic (exact) mass is 388 g/mol. The molecule has 0 radical (unpaired) electrons. The molecule has 29 heavy (non-hydrogen) atoms. The molecule has 0 spiro atoms. The van der Waals surface area contributed by atoms with Crippen LogP contribution in [0.5, 0.6) is 5.75 Å². The molecule has 3 aromatic carbocycles. The van der Waals surface area contributed by atoms with E-state index in [4.69, 9.17) is 9.84 Å². The van der Waals surface area contributed by atoms with Crippen molar-refractivity contribution in [1.29, 1.82) is 0 Å². The molecule has 0 bridgehead atoms. The zero-order chi connectivity index (χ0) is 20.4. The molecular weight excluding hydrogens is 372 g/mol. The number of ether oxygens (including phenoxy) is 1. The number of carboxylic acid groups (broad SMARTS) is 1. The maximum atomic E-state index is 12.0. The van der Waals surface area contributed by atoms with E-state index in [1.165, 1.54) is 12.1 Å². The van der Waals surface area contributed by atoms with Gasteiger partial charge in [-0.15, -0.1) is 0 Å². The first-order chi connectivity index (χ1) is 14.0. The highest BCUT2D eigenvalue weighted by molar-refractivity contribution is 6.14.